The van der Waals surface area contributed by atoms with E-state index < -0.39 is 34.1 Å². The maximum atomic E-state index is 14.3. The Labute approximate surface area is 245 Å². The van der Waals surface area contributed by atoms with Crippen molar-refractivity contribution in [3.05, 3.63) is 95.1 Å². The maximum Gasteiger partial charge on any atom is 0.264 e. The first kappa shape index (κ1) is 31.9. The Morgan fingerprint density at radius 2 is 1.54 bits per heavy atom. The maximum absolute atomic E-state index is 14.3. The first-order valence-electron chi connectivity index (χ1n) is 14.1. The molecule has 0 aliphatic heterocycles. The molecule has 0 heterocycles. The summed E-state index contributed by atoms with van der Waals surface area (Å²) >= 11 is 0. The Kier molecular flexibility index (Phi) is 10.4. The fourth-order valence-electron chi connectivity index (χ4n) is 4.78. The Morgan fingerprint density at radius 3 is 2.12 bits per heavy atom. The van der Waals surface area contributed by atoms with Crippen molar-refractivity contribution in [1.29, 1.82) is 0 Å². The number of hydrogen-bond acceptors (Lipinski definition) is 4. The Bertz CT molecular complexity index is 1460. The first-order chi connectivity index (χ1) is 19.3. The predicted molar refractivity (Wildman–Crippen MR) is 165 cm³/mol. The predicted octanol–water partition coefficient (Wildman–Crippen LogP) is 5.78. The van der Waals surface area contributed by atoms with Gasteiger partial charge in [-0.3, -0.25) is 13.9 Å². The normalized spacial score (nSPS) is 12.5. The second-order valence-corrected chi connectivity index (χ2v) is 13.3. The number of hydrogen-bond donors (Lipinski definition) is 1. The summed E-state index contributed by atoms with van der Waals surface area (Å²) in [5.41, 5.74) is 3.58. The Balaban J connectivity index is 2.11. The summed E-state index contributed by atoms with van der Waals surface area (Å²) in [6.45, 7) is 13.1. The van der Waals surface area contributed by atoms with Gasteiger partial charge in [-0.1, -0.05) is 79.6 Å². The lowest BCUT2D eigenvalue weighted by Gasteiger charge is -2.35. The molecule has 0 aliphatic carbocycles. The number of nitrogens with zero attached hydrogens (tertiary/aromatic N) is 2. The van der Waals surface area contributed by atoms with Gasteiger partial charge in [-0.2, -0.15) is 0 Å². The number of benzene rings is 3. The summed E-state index contributed by atoms with van der Waals surface area (Å²) in [5, 5.41) is 3.00. The summed E-state index contributed by atoms with van der Waals surface area (Å²) in [6, 6.07) is 20.8. The highest BCUT2D eigenvalue weighted by Crippen LogP contribution is 2.28. The fourth-order valence-corrected chi connectivity index (χ4v) is 6.24. The smallest absolute Gasteiger partial charge is 0.264 e. The number of anilines is 1. The minimum atomic E-state index is -4.11. The molecule has 3 aromatic rings. The van der Waals surface area contributed by atoms with Gasteiger partial charge in [-0.15, -0.1) is 0 Å². The van der Waals surface area contributed by atoms with E-state index in [2.05, 4.69) is 5.32 Å². The van der Waals surface area contributed by atoms with Crippen molar-refractivity contribution < 1.29 is 18.0 Å². The van der Waals surface area contributed by atoms with Gasteiger partial charge < -0.3 is 10.2 Å². The molecule has 3 rings (SSSR count). The van der Waals surface area contributed by atoms with Crippen LogP contribution < -0.4 is 9.62 Å². The van der Waals surface area contributed by atoms with E-state index in [1.54, 1.807) is 36.4 Å². The topological polar surface area (TPSA) is 86.8 Å². The van der Waals surface area contributed by atoms with Crippen molar-refractivity contribution in [2.24, 2.45) is 0 Å². The molecule has 2 amide bonds. The Hall–Kier alpha value is -3.65. The fraction of sp³-hybridized carbons (Fsp3) is 0.394. The molecule has 0 bridgehead atoms. The van der Waals surface area contributed by atoms with E-state index >= 15 is 0 Å². The number of carbonyl (C=O) groups excluding carboxylic acids is 2. The van der Waals surface area contributed by atoms with Crippen molar-refractivity contribution in [3.63, 3.8) is 0 Å². The number of rotatable bonds is 11. The molecule has 220 valence electrons. The molecular weight excluding hydrogens is 534 g/mol. The van der Waals surface area contributed by atoms with Crippen LogP contribution in [0.25, 0.3) is 0 Å². The summed E-state index contributed by atoms with van der Waals surface area (Å²) < 4.78 is 29.4. The molecule has 0 saturated carbocycles. The standard InChI is InChI=1S/C33H43N3O4S/c1-8-27-15-10-11-16-30(27)36(41(39,40)28-19-17-24(3)18-20-28)23-31(37)35(22-26-14-12-13-25(4)21-26)29(9-2)32(38)34-33(5,6)7/h10-21,29H,8-9,22-23H2,1-7H3,(H,34,38)/t29-/m0/s1. The van der Waals surface area contributed by atoms with Gasteiger partial charge in [0.25, 0.3) is 10.0 Å². The van der Waals surface area contributed by atoms with Crippen LogP contribution in [0.2, 0.25) is 0 Å². The third-order valence-electron chi connectivity index (χ3n) is 6.85. The van der Waals surface area contributed by atoms with E-state index in [1.807, 2.05) is 84.9 Å². The average molecular weight is 578 g/mol. The zero-order chi connectivity index (χ0) is 30.4. The molecule has 3 aromatic carbocycles. The number of amides is 2. The molecule has 41 heavy (non-hydrogen) atoms. The lowest BCUT2D eigenvalue weighted by Crippen LogP contribution is -2.55. The summed E-state index contributed by atoms with van der Waals surface area (Å²) in [4.78, 5) is 29.3. The monoisotopic (exact) mass is 577 g/mol. The van der Waals surface area contributed by atoms with Gasteiger partial charge in [0, 0.05) is 12.1 Å². The van der Waals surface area contributed by atoms with Crippen molar-refractivity contribution in [1.82, 2.24) is 10.2 Å². The highest BCUT2D eigenvalue weighted by atomic mass is 32.2. The van der Waals surface area contributed by atoms with Crippen LogP contribution in [0.4, 0.5) is 5.69 Å². The molecule has 0 spiro atoms. The molecule has 0 fully saturated rings. The van der Waals surface area contributed by atoms with Crippen LogP contribution in [0, 0.1) is 13.8 Å². The van der Waals surface area contributed by atoms with E-state index in [9.17, 15) is 18.0 Å². The SMILES string of the molecule is CCc1ccccc1N(CC(=O)N(Cc1cccc(C)c1)[C@@H](CC)C(=O)NC(C)(C)C)S(=O)(=O)c1ccc(C)cc1. The first-order valence-corrected chi connectivity index (χ1v) is 15.5. The van der Waals surface area contributed by atoms with Crippen LogP contribution in [0.5, 0.6) is 0 Å². The number of para-hydroxylation sites is 1. The highest BCUT2D eigenvalue weighted by molar-refractivity contribution is 7.92. The molecule has 0 radical (unpaired) electrons. The number of sulfonamides is 1. The number of nitrogens with one attached hydrogen (secondary N) is 1. The van der Waals surface area contributed by atoms with Crippen LogP contribution in [-0.2, 0) is 32.6 Å². The second kappa shape index (κ2) is 13.3. The molecule has 1 N–H and O–H groups in total. The van der Waals surface area contributed by atoms with E-state index in [-0.39, 0.29) is 17.3 Å². The quantitative estimate of drug-likeness (QED) is 0.313. The third kappa shape index (κ3) is 8.19. The molecule has 7 nitrogen and oxygen atoms in total. The lowest BCUT2D eigenvalue weighted by atomic mass is 10.0. The Morgan fingerprint density at radius 1 is 0.878 bits per heavy atom. The van der Waals surface area contributed by atoms with E-state index in [4.69, 9.17) is 0 Å². The zero-order valence-corrected chi connectivity index (χ0v) is 26.1. The molecule has 8 heteroatoms. The van der Waals surface area contributed by atoms with Gasteiger partial charge >= 0.3 is 0 Å². The van der Waals surface area contributed by atoms with E-state index in [0.717, 1.165) is 22.3 Å². The van der Waals surface area contributed by atoms with Gasteiger partial charge in [-0.25, -0.2) is 8.42 Å². The van der Waals surface area contributed by atoms with Gasteiger partial charge in [0.1, 0.15) is 12.6 Å². The third-order valence-corrected chi connectivity index (χ3v) is 8.62. The van der Waals surface area contributed by atoms with Crippen LogP contribution in [0.15, 0.2) is 77.7 Å². The highest BCUT2D eigenvalue weighted by Gasteiger charge is 2.35. The zero-order valence-electron chi connectivity index (χ0n) is 25.3. The average Bonchev–Trinajstić information content (AvgIpc) is 2.90. The van der Waals surface area contributed by atoms with E-state index in [1.165, 1.54) is 9.21 Å². The van der Waals surface area contributed by atoms with Crippen molar-refractivity contribution in [2.45, 2.75) is 84.3 Å². The molecule has 0 unspecified atom stereocenters. The lowest BCUT2D eigenvalue weighted by molar-refractivity contribution is -0.141. The van der Waals surface area contributed by atoms with Crippen molar-refractivity contribution >= 4 is 27.5 Å². The summed E-state index contributed by atoms with van der Waals surface area (Å²) in [6.07, 6.45) is 0.957. The summed E-state index contributed by atoms with van der Waals surface area (Å²) in [5.74, 6) is -0.730. The summed E-state index contributed by atoms with van der Waals surface area (Å²) in [7, 11) is -4.11. The molecular formula is C33H43N3O4S. The molecule has 0 aliphatic rings. The van der Waals surface area contributed by atoms with Gasteiger partial charge in [0.2, 0.25) is 11.8 Å². The molecule has 0 saturated heterocycles. The van der Waals surface area contributed by atoms with Crippen molar-refractivity contribution in [2.75, 3.05) is 10.8 Å². The number of aryl methyl sites for hydroxylation is 3. The minimum absolute atomic E-state index is 0.101. The van der Waals surface area contributed by atoms with Crippen LogP contribution in [0.1, 0.15) is 63.3 Å². The minimum Gasteiger partial charge on any atom is -0.350 e. The second-order valence-electron chi connectivity index (χ2n) is 11.5. The largest absolute Gasteiger partial charge is 0.350 e. The van der Waals surface area contributed by atoms with Crippen LogP contribution >= 0.6 is 0 Å². The van der Waals surface area contributed by atoms with Crippen molar-refractivity contribution in [3.8, 4) is 0 Å². The van der Waals surface area contributed by atoms with Crippen LogP contribution in [0.3, 0.4) is 0 Å². The molecule has 1 atom stereocenters. The molecule has 0 aromatic heterocycles. The van der Waals surface area contributed by atoms with Gasteiger partial charge in [0.15, 0.2) is 0 Å². The van der Waals surface area contributed by atoms with E-state index in [0.29, 0.717) is 18.5 Å². The van der Waals surface area contributed by atoms with Crippen LogP contribution in [-0.4, -0.2) is 43.3 Å². The van der Waals surface area contributed by atoms with Gasteiger partial charge in [-0.05, 0) is 76.8 Å². The number of carbonyl (C=O) groups is 2. The van der Waals surface area contributed by atoms with Gasteiger partial charge in [0.05, 0.1) is 10.6 Å².